The van der Waals surface area contributed by atoms with Crippen LogP contribution in [0.15, 0.2) is 59.5 Å². The van der Waals surface area contributed by atoms with Gasteiger partial charge in [0, 0.05) is 25.3 Å². The first-order chi connectivity index (χ1) is 13.8. The van der Waals surface area contributed by atoms with Crippen LogP contribution in [0.2, 0.25) is 0 Å². The van der Waals surface area contributed by atoms with Crippen molar-refractivity contribution in [3.63, 3.8) is 0 Å². The number of hydrogen-bond donors (Lipinski definition) is 1. The van der Waals surface area contributed by atoms with Gasteiger partial charge in [0.1, 0.15) is 0 Å². The zero-order valence-electron chi connectivity index (χ0n) is 16.9. The van der Waals surface area contributed by atoms with Crippen LogP contribution in [0.1, 0.15) is 25.3 Å². The number of rotatable bonds is 8. The number of carbonyl (C=O) groups excluding carboxylic acids is 1. The zero-order chi connectivity index (χ0) is 21.0. The highest BCUT2D eigenvalue weighted by Crippen LogP contribution is 2.36. The highest BCUT2D eigenvalue weighted by atomic mass is 32.2. The molecule has 2 amide bonds. The average Bonchev–Trinajstić information content (AvgIpc) is 3.57. The number of hydrogen-bond acceptors (Lipinski definition) is 4. The summed E-state index contributed by atoms with van der Waals surface area (Å²) in [5.41, 5.74) is 1.61. The lowest BCUT2D eigenvalue weighted by molar-refractivity contribution is -0.0258. The summed E-state index contributed by atoms with van der Waals surface area (Å²) in [6, 6.07) is 15.9. The molecule has 0 radical (unpaired) electrons. The van der Waals surface area contributed by atoms with Gasteiger partial charge in [-0.15, -0.1) is 0 Å². The van der Waals surface area contributed by atoms with Crippen molar-refractivity contribution in [2.75, 3.05) is 19.5 Å². The molecular formula is C21H27N3O4S. The van der Waals surface area contributed by atoms with Crippen LogP contribution in [0.5, 0.6) is 0 Å². The summed E-state index contributed by atoms with van der Waals surface area (Å²) in [4.78, 5) is 19.7. The van der Waals surface area contributed by atoms with Crippen molar-refractivity contribution in [3.05, 3.63) is 60.2 Å². The summed E-state index contributed by atoms with van der Waals surface area (Å²) in [6.45, 7) is 2.60. The summed E-state index contributed by atoms with van der Waals surface area (Å²) in [6.07, 6.45) is 2.28. The van der Waals surface area contributed by atoms with E-state index in [1.807, 2.05) is 35.2 Å². The van der Waals surface area contributed by atoms with Crippen LogP contribution >= 0.6 is 0 Å². The number of anilines is 1. The average molecular weight is 418 g/mol. The summed E-state index contributed by atoms with van der Waals surface area (Å²) in [5, 5.41) is 2.90. The fourth-order valence-corrected chi connectivity index (χ4v) is 4.14. The summed E-state index contributed by atoms with van der Waals surface area (Å²) < 4.78 is 25.4. The highest BCUT2D eigenvalue weighted by Gasteiger charge is 2.34. The molecule has 0 saturated heterocycles. The van der Waals surface area contributed by atoms with Gasteiger partial charge in [-0.1, -0.05) is 34.8 Å². The number of nitrogens with one attached hydrogen (secondary N) is 1. The number of urea groups is 1. The number of hydroxylamine groups is 1. The second-order valence-corrected chi connectivity index (χ2v) is 9.18. The normalized spacial score (nSPS) is 15.2. The molecule has 29 heavy (non-hydrogen) atoms. The van der Waals surface area contributed by atoms with E-state index in [2.05, 4.69) is 12.2 Å². The van der Waals surface area contributed by atoms with E-state index in [1.165, 1.54) is 26.3 Å². The van der Waals surface area contributed by atoms with E-state index in [1.54, 1.807) is 12.1 Å². The number of sulfonamides is 1. The van der Waals surface area contributed by atoms with Crippen LogP contribution in [0.4, 0.5) is 10.5 Å². The summed E-state index contributed by atoms with van der Waals surface area (Å²) in [7, 11) is -1.11. The summed E-state index contributed by atoms with van der Waals surface area (Å²) >= 11 is 0. The molecule has 8 heteroatoms. The van der Waals surface area contributed by atoms with E-state index in [-0.39, 0.29) is 17.0 Å². The Morgan fingerprint density at radius 2 is 1.76 bits per heavy atom. The first kappa shape index (κ1) is 21.3. The van der Waals surface area contributed by atoms with Gasteiger partial charge in [0.2, 0.25) is 0 Å². The van der Waals surface area contributed by atoms with Gasteiger partial charge >= 0.3 is 6.03 Å². The summed E-state index contributed by atoms with van der Waals surface area (Å²) in [5.74, 6) is 0.529. The number of nitrogens with zero attached hydrogens (tertiary/aromatic N) is 2. The molecule has 1 aliphatic carbocycles. The Morgan fingerprint density at radius 3 is 2.31 bits per heavy atom. The Hall–Kier alpha value is -2.42. The maximum atomic E-state index is 13.0. The van der Waals surface area contributed by atoms with Crippen LogP contribution in [-0.2, 0) is 21.4 Å². The van der Waals surface area contributed by atoms with E-state index in [9.17, 15) is 13.2 Å². The van der Waals surface area contributed by atoms with Gasteiger partial charge in [0.15, 0.2) is 0 Å². The molecule has 0 heterocycles. The Morgan fingerprint density at radius 1 is 1.14 bits per heavy atom. The lowest BCUT2D eigenvalue weighted by Crippen LogP contribution is -2.42. The second-order valence-electron chi connectivity index (χ2n) is 7.24. The van der Waals surface area contributed by atoms with Crippen LogP contribution in [0.25, 0.3) is 0 Å². The van der Waals surface area contributed by atoms with Crippen LogP contribution in [0.3, 0.4) is 0 Å². The smallest absolute Gasteiger partial charge is 0.317 e. The van der Waals surface area contributed by atoms with Crippen molar-refractivity contribution in [1.82, 2.24) is 9.37 Å². The molecule has 0 spiro atoms. The number of benzene rings is 2. The monoisotopic (exact) mass is 417 g/mol. The van der Waals surface area contributed by atoms with Gasteiger partial charge in [0.05, 0.1) is 12.0 Å². The minimum absolute atomic E-state index is 0.0901. The molecule has 1 saturated carbocycles. The first-order valence-corrected chi connectivity index (χ1v) is 11.0. The molecule has 1 fully saturated rings. The SMILES string of the molecule is CON(C)S(=O)(=O)c1ccc(NC(=O)N(Cc2ccccc2)C(C)C2CC2)cc1. The van der Waals surface area contributed by atoms with E-state index >= 15 is 0 Å². The van der Waals surface area contributed by atoms with Crippen molar-refractivity contribution in [3.8, 4) is 0 Å². The number of carbonyl (C=O) groups is 1. The van der Waals surface area contributed by atoms with Crippen LogP contribution < -0.4 is 5.32 Å². The van der Waals surface area contributed by atoms with Gasteiger partial charge in [-0.05, 0) is 55.5 Å². The Kier molecular flexibility index (Phi) is 6.56. The minimum Gasteiger partial charge on any atom is -0.317 e. The zero-order valence-corrected chi connectivity index (χ0v) is 17.7. The van der Waals surface area contributed by atoms with Gasteiger partial charge in [-0.3, -0.25) is 4.84 Å². The lowest BCUT2D eigenvalue weighted by Gasteiger charge is -2.30. The van der Waals surface area contributed by atoms with Gasteiger partial charge in [0.25, 0.3) is 10.0 Å². The molecule has 156 valence electrons. The van der Waals surface area contributed by atoms with Crippen molar-refractivity contribution in [2.45, 2.75) is 37.2 Å². The molecule has 1 atom stereocenters. The molecular weight excluding hydrogens is 390 g/mol. The van der Waals surface area contributed by atoms with Crippen molar-refractivity contribution < 1.29 is 18.0 Å². The van der Waals surface area contributed by atoms with Crippen LogP contribution in [-0.4, -0.2) is 44.0 Å². The lowest BCUT2D eigenvalue weighted by atomic mass is 10.1. The molecule has 0 aliphatic heterocycles. The van der Waals surface area contributed by atoms with E-state index in [0.717, 1.165) is 22.9 Å². The predicted molar refractivity (Wildman–Crippen MR) is 112 cm³/mol. The minimum atomic E-state index is -3.72. The quantitative estimate of drug-likeness (QED) is 0.664. The Labute approximate surface area is 172 Å². The third-order valence-electron chi connectivity index (χ3n) is 5.25. The maximum Gasteiger partial charge on any atom is 0.322 e. The molecule has 3 rings (SSSR count). The standard InChI is InChI=1S/C21H27N3O4S/c1-16(18-9-10-18)24(15-17-7-5-4-6-8-17)21(25)22-19-11-13-20(14-12-19)29(26,27)23(2)28-3/h4-8,11-14,16,18H,9-10,15H2,1-3H3,(H,22,25). The van der Waals surface area contributed by atoms with Crippen molar-refractivity contribution >= 4 is 21.7 Å². The van der Waals surface area contributed by atoms with Crippen molar-refractivity contribution in [2.24, 2.45) is 5.92 Å². The molecule has 2 aromatic carbocycles. The van der Waals surface area contributed by atoms with Gasteiger partial charge < -0.3 is 10.2 Å². The van der Waals surface area contributed by atoms with E-state index in [4.69, 9.17) is 4.84 Å². The third kappa shape index (κ3) is 5.14. The fraction of sp³-hybridized carbons (Fsp3) is 0.381. The fourth-order valence-electron chi connectivity index (χ4n) is 3.17. The van der Waals surface area contributed by atoms with E-state index < -0.39 is 10.0 Å². The molecule has 7 nitrogen and oxygen atoms in total. The number of amides is 2. The predicted octanol–water partition coefficient (Wildman–Crippen LogP) is 3.70. The molecule has 0 aromatic heterocycles. The largest absolute Gasteiger partial charge is 0.322 e. The van der Waals surface area contributed by atoms with Gasteiger partial charge in [-0.2, -0.15) is 0 Å². The highest BCUT2D eigenvalue weighted by molar-refractivity contribution is 7.89. The maximum absolute atomic E-state index is 13.0. The molecule has 0 bridgehead atoms. The third-order valence-corrected chi connectivity index (χ3v) is 6.95. The molecule has 1 aliphatic rings. The molecule has 2 aromatic rings. The Bertz CT molecular complexity index is 928. The van der Waals surface area contributed by atoms with E-state index in [0.29, 0.717) is 18.2 Å². The van der Waals surface area contributed by atoms with Crippen molar-refractivity contribution in [1.29, 1.82) is 0 Å². The Balaban J connectivity index is 1.73. The first-order valence-electron chi connectivity index (χ1n) is 9.57. The second kappa shape index (κ2) is 8.94. The topological polar surface area (TPSA) is 79.0 Å². The van der Waals surface area contributed by atoms with Crippen LogP contribution in [0, 0.1) is 5.92 Å². The molecule has 1 unspecified atom stereocenters. The van der Waals surface area contributed by atoms with Gasteiger partial charge in [-0.25, -0.2) is 13.2 Å². The molecule has 1 N–H and O–H groups in total.